The van der Waals surface area contributed by atoms with Crippen molar-refractivity contribution >= 4 is 12.0 Å². The number of rotatable bonds is 6. The molecule has 1 aromatic heterocycles. The van der Waals surface area contributed by atoms with E-state index in [9.17, 15) is 18.0 Å². The fourth-order valence-electron chi connectivity index (χ4n) is 1.49. The van der Waals surface area contributed by atoms with Crippen LogP contribution in [0.15, 0.2) is 46.0 Å². The van der Waals surface area contributed by atoms with Crippen molar-refractivity contribution in [3.8, 4) is 0 Å². The number of nitrogens with zero attached hydrogens (tertiary/aromatic N) is 4. The topological polar surface area (TPSA) is 78.2 Å². The van der Waals surface area contributed by atoms with Gasteiger partial charge < -0.3 is 5.73 Å². The van der Waals surface area contributed by atoms with E-state index in [2.05, 4.69) is 10.1 Å². The summed E-state index contributed by atoms with van der Waals surface area (Å²) >= 11 is 0. The van der Waals surface area contributed by atoms with E-state index in [0.29, 0.717) is 13.0 Å². The van der Waals surface area contributed by atoms with Gasteiger partial charge in [0.05, 0.1) is 13.7 Å². The Bertz CT molecular complexity index is 653. The van der Waals surface area contributed by atoms with Gasteiger partial charge in [0.15, 0.2) is 0 Å². The van der Waals surface area contributed by atoms with Crippen LogP contribution < -0.4 is 11.4 Å². The number of hydrogen-bond acceptors (Lipinski definition) is 4. The molecule has 1 rings (SSSR count). The Hall–Kier alpha value is -2.42. The number of nitrogens with two attached hydrogens (primary N) is 1. The van der Waals surface area contributed by atoms with Crippen LogP contribution in [-0.2, 0) is 6.54 Å². The highest BCUT2D eigenvalue weighted by molar-refractivity contribution is 5.63. The monoisotopic (exact) mass is 361 g/mol. The van der Waals surface area contributed by atoms with E-state index in [1.54, 1.807) is 25.2 Å². The van der Waals surface area contributed by atoms with Crippen molar-refractivity contribution in [2.45, 2.75) is 34.2 Å². The second-order valence-electron chi connectivity index (χ2n) is 3.95. The van der Waals surface area contributed by atoms with Crippen LogP contribution in [0.3, 0.4) is 0 Å². The van der Waals surface area contributed by atoms with Gasteiger partial charge in [-0.1, -0.05) is 26.0 Å². The van der Waals surface area contributed by atoms with Gasteiger partial charge in [0, 0.05) is 18.3 Å². The molecule has 9 heteroatoms. The van der Waals surface area contributed by atoms with E-state index in [-0.39, 0.29) is 18.7 Å². The molecule has 0 saturated carbocycles. The van der Waals surface area contributed by atoms with E-state index < -0.39 is 11.8 Å². The lowest BCUT2D eigenvalue weighted by Gasteiger charge is -2.02. The van der Waals surface area contributed by atoms with Gasteiger partial charge in [-0.2, -0.15) is 13.9 Å². The molecule has 0 spiro atoms. The van der Waals surface area contributed by atoms with E-state index in [4.69, 9.17) is 5.73 Å². The zero-order chi connectivity index (χ0) is 19.8. The molecule has 0 aliphatic carbocycles. The van der Waals surface area contributed by atoms with Crippen LogP contribution in [0.2, 0.25) is 0 Å². The highest BCUT2D eigenvalue weighted by atomic mass is 19.3. The average Bonchev–Trinajstić information content (AvgIpc) is 3.00. The van der Waals surface area contributed by atoms with Crippen LogP contribution >= 0.6 is 0 Å². The summed E-state index contributed by atoms with van der Waals surface area (Å²) in [6.07, 6.45) is 5.95. The minimum atomic E-state index is -1.89. The molecule has 0 aromatic carbocycles. The molecule has 25 heavy (non-hydrogen) atoms. The van der Waals surface area contributed by atoms with Crippen molar-refractivity contribution in [2.24, 2.45) is 10.7 Å². The summed E-state index contributed by atoms with van der Waals surface area (Å²) in [4.78, 5) is 16.2. The Balaban J connectivity index is 0. The van der Waals surface area contributed by atoms with Crippen LogP contribution in [0.4, 0.5) is 13.2 Å². The first kappa shape index (κ1) is 24.8. The highest BCUT2D eigenvalue weighted by Gasteiger charge is 2.12. The zero-order valence-corrected chi connectivity index (χ0v) is 15.2. The van der Waals surface area contributed by atoms with Gasteiger partial charge in [0.2, 0.25) is 0 Å². The van der Waals surface area contributed by atoms with E-state index in [0.717, 1.165) is 4.68 Å². The number of allylic oxidation sites excluding steroid dienone is 3. The molecule has 0 radical (unpaired) electrons. The molecule has 1 heterocycles. The minimum absolute atomic E-state index is 0.333. The smallest absolute Gasteiger partial charge is 0.327 e. The van der Waals surface area contributed by atoms with Crippen LogP contribution in [0.5, 0.6) is 0 Å². The largest absolute Gasteiger partial charge is 0.351 e. The van der Waals surface area contributed by atoms with Crippen molar-refractivity contribution < 1.29 is 13.2 Å². The molecule has 0 saturated heterocycles. The van der Waals surface area contributed by atoms with Crippen molar-refractivity contribution in [3.63, 3.8) is 0 Å². The normalized spacial score (nSPS) is 11.0. The van der Waals surface area contributed by atoms with Gasteiger partial charge >= 0.3 is 5.69 Å². The lowest BCUT2D eigenvalue weighted by Crippen LogP contribution is -2.26. The molecule has 0 atom stereocenters. The Kier molecular flexibility index (Phi) is 15.0. The van der Waals surface area contributed by atoms with E-state index in [1.807, 2.05) is 20.8 Å². The quantitative estimate of drug-likeness (QED) is 0.624. The fraction of sp³-hybridized carbons (Fsp3) is 0.438. The second-order valence-corrected chi connectivity index (χ2v) is 3.95. The minimum Gasteiger partial charge on any atom is -0.327 e. The third kappa shape index (κ3) is 8.30. The van der Waals surface area contributed by atoms with Gasteiger partial charge in [-0.3, -0.25) is 4.39 Å². The predicted molar refractivity (Wildman–Crippen MR) is 96.4 cm³/mol. The van der Waals surface area contributed by atoms with Gasteiger partial charge in [0.1, 0.15) is 12.1 Å². The molecule has 6 nitrogen and oxygen atoms in total. The Labute approximate surface area is 145 Å². The molecule has 2 N–H and O–H groups in total. The summed E-state index contributed by atoms with van der Waals surface area (Å²) in [5.74, 6) is 0.339. The van der Waals surface area contributed by atoms with Crippen molar-refractivity contribution in [3.05, 3.63) is 46.7 Å². The first-order valence-electron chi connectivity index (χ1n) is 7.62. The maximum atomic E-state index is 12.6. The third-order valence-electron chi connectivity index (χ3n) is 2.53. The number of hydrogen-bond donors (Lipinski definition) is 1. The third-order valence-corrected chi connectivity index (χ3v) is 2.53. The maximum absolute atomic E-state index is 12.6. The van der Waals surface area contributed by atoms with Crippen molar-refractivity contribution in [2.75, 3.05) is 13.7 Å². The average molecular weight is 361 g/mol. The van der Waals surface area contributed by atoms with Gasteiger partial charge in [-0.05, 0) is 19.9 Å². The molecule has 0 fully saturated rings. The number of alkyl halides is 1. The number of aromatic nitrogens is 3. The standard InChI is InChI=1S/C13H17F2N5O.C2H6.CH3F/c1-3-5-6-11(17-4-2)19-9-18-20(13(19)21)8-10(7-16)12(14)15;2*1-2/h3-6,9H,7-8,16H2,1-2H3;1-2H3;1H3/b5-3-,11-6+,17-4-;;. The molecule has 142 valence electrons. The molecular formula is C16H26F3N5O. The molecule has 1 aromatic rings. The zero-order valence-electron chi connectivity index (χ0n) is 15.2. The van der Waals surface area contributed by atoms with Crippen molar-refractivity contribution in [1.82, 2.24) is 14.3 Å². The molecule has 0 aliphatic heterocycles. The van der Waals surface area contributed by atoms with E-state index in [1.165, 1.54) is 17.1 Å². The Morgan fingerprint density at radius 3 is 2.36 bits per heavy atom. The summed E-state index contributed by atoms with van der Waals surface area (Å²) in [6, 6.07) is 0. The molecule has 0 aliphatic rings. The number of halogens is 3. The summed E-state index contributed by atoms with van der Waals surface area (Å²) in [5, 5.41) is 3.80. The van der Waals surface area contributed by atoms with Gasteiger partial charge in [-0.15, -0.1) is 0 Å². The number of aliphatic imine (C=N–C) groups is 1. The summed E-state index contributed by atoms with van der Waals surface area (Å²) in [6.45, 7) is 6.83. The van der Waals surface area contributed by atoms with Crippen LogP contribution in [0.25, 0.3) is 5.82 Å². The Morgan fingerprint density at radius 1 is 1.32 bits per heavy atom. The lowest BCUT2D eigenvalue weighted by atomic mass is 10.3. The van der Waals surface area contributed by atoms with Crippen LogP contribution in [0, 0.1) is 0 Å². The van der Waals surface area contributed by atoms with Crippen LogP contribution in [0.1, 0.15) is 27.7 Å². The molecule has 0 bridgehead atoms. The summed E-state index contributed by atoms with van der Waals surface area (Å²) in [5.41, 5.74) is 4.32. The van der Waals surface area contributed by atoms with Crippen molar-refractivity contribution in [1.29, 1.82) is 0 Å². The Morgan fingerprint density at radius 2 is 1.92 bits per heavy atom. The first-order valence-corrected chi connectivity index (χ1v) is 7.62. The SMILES string of the molecule is CC.CF.C\C=C/C=C(\N=C/C)n1cnn(CC(CN)=C(F)F)c1=O. The van der Waals surface area contributed by atoms with Crippen LogP contribution in [-0.4, -0.2) is 34.3 Å². The second kappa shape index (κ2) is 15.1. The first-order chi connectivity index (χ1) is 12.0. The van der Waals surface area contributed by atoms with E-state index >= 15 is 0 Å². The van der Waals surface area contributed by atoms with Gasteiger partial charge in [0.25, 0.3) is 6.08 Å². The molecular weight excluding hydrogens is 335 g/mol. The molecule has 0 amide bonds. The summed E-state index contributed by atoms with van der Waals surface area (Å²) < 4.78 is 36.7. The molecule has 0 unspecified atom stereocenters. The maximum Gasteiger partial charge on any atom is 0.351 e. The summed E-state index contributed by atoms with van der Waals surface area (Å²) in [7, 11) is 0.500. The fourth-order valence-corrected chi connectivity index (χ4v) is 1.49. The lowest BCUT2D eigenvalue weighted by molar-refractivity contribution is 0.400. The van der Waals surface area contributed by atoms with Gasteiger partial charge in [-0.25, -0.2) is 19.0 Å². The predicted octanol–water partition coefficient (Wildman–Crippen LogP) is 3.23. The highest BCUT2D eigenvalue weighted by Crippen LogP contribution is 2.08.